The molecule has 1 aliphatic carbocycles. The van der Waals surface area contributed by atoms with Crippen LogP contribution in [0.5, 0.6) is 0 Å². The van der Waals surface area contributed by atoms with Crippen molar-refractivity contribution in [1.29, 1.82) is 0 Å². The highest BCUT2D eigenvalue weighted by Crippen LogP contribution is 2.36. The first kappa shape index (κ1) is 14.6. The molecule has 0 spiro atoms. The Hall–Kier alpha value is -1.84. The van der Waals surface area contributed by atoms with Gasteiger partial charge in [0, 0.05) is 6.54 Å². The molecule has 2 rings (SSSR count). The van der Waals surface area contributed by atoms with E-state index in [0.717, 1.165) is 6.42 Å². The predicted molar refractivity (Wildman–Crippen MR) is 76.2 cm³/mol. The lowest BCUT2D eigenvalue weighted by molar-refractivity contribution is -0.146. The number of aliphatic carboxylic acids is 1. The van der Waals surface area contributed by atoms with Crippen LogP contribution in [0.1, 0.15) is 25.3 Å². The molecule has 0 aliphatic heterocycles. The third-order valence-electron chi connectivity index (χ3n) is 4.01. The summed E-state index contributed by atoms with van der Waals surface area (Å²) in [5.74, 6) is -1.56. The molecule has 1 fully saturated rings. The number of nitrogens with one attached hydrogen (secondary N) is 1. The van der Waals surface area contributed by atoms with Crippen molar-refractivity contribution in [3.05, 3.63) is 35.9 Å². The smallest absolute Gasteiger partial charge is 0.307 e. The monoisotopic (exact) mass is 275 g/mol. The second-order valence-electron chi connectivity index (χ2n) is 5.65. The summed E-state index contributed by atoms with van der Waals surface area (Å²) in [6.07, 6.45) is 2.05. The van der Waals surface area contributed by atoms with Crippen molar-refractivity contribution in [1.82, 2.24) is 5.32 Å². The molecule has 2 N–H and O–H groups in total. The maximum Gasteiger partial charge on any atom is 0.307 e. The Bertz CT molecular complexity index is 472. The zero-order valence-corrected chi connectivity index (χ0v) is 11.7. The van der Waals surface area contributed by atoms with Crippen molar-refractivity contribution >= 4 is 11.9 Å². The molecule has 1 amide bonds. The number of amides is 1. The summed E-state index contributed by atoms with van der Waals surface area (Å²) < 4.78 is 0. The van der Waals surface area contributed by atoms with Crippen LogP contribution in [0.3, 0.4) is 0 Å². The van der Waals surface area contributed by atoms with Gasteiger partial charge in [-0.25, -0.2) is 0 Å². The third kappa shape index (κ3) is 3.59. The van der Waals surface area contributed by atoms with Crippen molar-refractivity contribution in [3.63, 3.8) is 0 Å². The minimum absolute atomic E-state index is 0.113. The lowest BCUT2D eigenvalue weighted by atomic mass is 9.95. The van der Waals surface area contributed by atoms with Gasteiger partial charge >= 0.3 is 5.97 Å². The van der Waals surface area contributed by atoms with Crippen LogP contribution in [-0.4, -0.2) is 23.5 Å². The molecule has 0 saturated heterocycles. The molecule has 0 radical (unpaired) electrons. The highest BCUT2D eigenvalue weighted by Gasteiger charge is 2.40. The summed E-state index contributed by atoms with van der Waals surface area (Å²) in [5.41, 5.74) is 1.17. The molecule has 1 aliphatic rings. The Kier molecular flexibility index (Phi) is 4.77. The van der Waals surface area contributed by atoms with Gasteiger partial charge in [0.25, 0.3) is 0 Å². The first-order valence-electron chi connectivity index (χ1n) is 7.12. The van der Waals surface area contributed by atoms with Crippen molar-refractivity contribution in [2.24, 2.45) is 17.8 Å². The first-order valence-corrected chi connectivity index (χ1v) is 7.12. The summed E-state index contributed by atoms with van der Waals surface area (Å²) in [4.78, 5) is 23.3. The van der Waals surface area contributed by atoms with E-state index < -0.39 is 11.9 Å². The largest absolute Gasteiger partial charge is 0.481 e. The summed E-state index contributed by atoms with van der Waals surface area (Å²) in [7, 11) is 0. The fourth-order valence-corrected chi connectivity index (χ4v) is 2.96. The van der Waals surface area contributed by atoms with Gasteiger partial charge in [0.2, 0.25) is 5.91 Å². The van der Waals surface area contributed by atoms with E-state index in [1.807, 2.05) is 37.3 Å². The van der Waals surface area contributed by atoms with Gasteiger partial charge in [-0.1, -0.05) is 37.3 Å². The van der Waals surface area contributed by atoms with E-state index in [-0.39, 0.29) is 11.8 Å². The van der Waals surface area contributed by atoms with E-state index in [0.29, 0.717) is 25.3 Å². The van der Waals surface area contributed by atoms with Gasteiger partial charge in [-0.3, -0.25) is 9.59 Å². The highest BCUT2D eigenvalue weighted by molar-refractivity contribution is 5.85. The Morgan fingerprint density at radius 2 is 1.85 bits per heavy atom. The molecular weight excluding hydrogens is 254 g/mol. The van der Waals surface area contributed by atoms with Gasteiger partial charge in [-0.15, -0.1) is 0 Å². The maximum absolute atomic E-state index is 12.1. The second kappa shape index (κ2) is 6.55. The van der Waals surface area contributed by atoms with Gasteiger partial charge in [0.1, 0.15) is 0 Å². The zero-order valence-electron chi connectivity index (χ0n) is 11.7. The topological polar surface area (TPSA) is 66.4 Å². The van der Waals surface area contributed by atoms with Gasteiger partial charge in [0.05, 0.1) is 11.8 Å². The average molecular weight is 275 g/mol. The second-order valence-corrected chi connectivity index (χ2v) is 5.65. The quantitative estimate of drug-likeness (QED) is 0.864. The van der Waals surface area contributed by atoms with Crippen molar-refractivity contribution in [2.45, 2.75) is 26.2 Å². The molecule has 4 heteroatoms. The number of benzene rings is 1. The lowest BCUT2D eigenvalue weighted by Crippen LogP contribution is -2.36. The van der Waals surface area contributed by atoms with Crippen LogP contribution in [-0.2, 0) is 16.0 Å². The fourth-order valence-electron chi connectivity index (χ4n) is 2.96. The molecule has 108 valence electrons. The van der Waals surface area contributed by atoms with E-state index >= 15 is 0 Å². The fraction of sp³-hybridized carbons (Fsp3) is 0.500. The molecule has 3 atom stereocenters. The molecule has 0 heterocycles. The highest BCUT2D eigenvalue weighted by atomic mass is 16.4. The number of carbonyl (C=O) groups is 2. The van der Waals surface area contributed by atoms with Crippen molar-refractivity contribution in [3.8, 4) is 0 Å². The molecule has 4 nitrogen and oxygen atoms in total. The van der Waals surface area contributed by atoms with Gasteiger partial charge in [-0.2, -0.15) is 0 Å². The number of hydrogen-bond acceptors (Lipinski definition) is 2. The van der Waals surface area contributed by atoms with Gasteiger partial charge in [0.15, 0.2) is 0 Å². The predicted octanol–water partition coefficient (Wildman–Crippen LogP) is 2.09. The molecule has 0 bridgehead atoms. The molecule has 1 saturated carbocycles. The minimum Gasteiger partial charge on any atom is -0.481 e. The van der Waals surface area contributed by atoms with Gasteiger partial charge in [-0.05, 0) is 30.7 Å². The normalized spacial score (nSPS) is 25.4. The number of carboxylic acid groups (broad SMARTS) is 1. The van der Waals surface area contributed by atoms with E-state index in [1.165, 1.54) is 5.56 Å². The Morgan fingerprint density at radius 1 is 1.20 bits per heavy atom. The first-order chi connectivity index (χ1) is 9.58. The summed E-state index contributed by atoms with van der Waals surface area (Å²) in [6, 6.07) is 9.93. The SMILES string of the molecule is CC1CC(C(=O)O)C(C(=O)NCCc2ccccc2)C1. The Labute approximate surface area is 119 Å². The Morgan fingerprint density at radius 3 is 2.50 bits per heavy atom. The van der Waals surface area contributed by atoms with Crippen LogP contribution in [0.4, 0.5) is 0 Å². The standard InChI is InChI=1S/C16H21NO3/c1-11-9-13(14(10-11)16(19)20)15(18)17-8-7-12-5-3-2-4-6-12/h2-6,11,13-14H,7-10H2,1H3,(H,17,18)(H,19,20). The number of carbonyl (C=O) groups excluding carboxylic acids is 1. The summed E-state index contributed by atoms with van der Waals surface area (Å²) in [5, 5.41) is 12.0. The van der Waals surface area contributed by atoms with Crippen LogP contribution in [0.25, 0.3) is 0 Å². The molecule has 20 heavy (non-hydrogen) atoms. The summed E-state index contributed by atoms with van der Waals surface area (Å²) >= 11 is 0. The number of rotatable bonds is 5. The van der Waals surface area contributed by atoms with Crippen LogP contribution in [0.2, 0.25) is 0 Å². The lowest BCUT2D eigenvalue weighted by Gasteiger charge is -2.15. The zero-order chi connectivity index (χ0) is 14.5. The van der Waals surface area contributed by atoms with Crippen molar-refractivity contribution in [2.75, 3.05) is 6.54 Å². The van der Waals surface area contributed by atoms with E-state index in [2.05, 4.69) is 5.32 Å². The molecule has 0 aromatic heterocycles. The van der Waals surface area contributed by atoms with Crippen LogP contribution in [0.15, 0.2) is 30.3 Å². The number of carboxylic acids is 1. The molecular formula is C16H21NO3. The van der Waals surface area contributed by atoms with E-state index in [9.17, 15) is 14.7 Å². The molecule has 1 aromatic carbocycles. The van der Waals surface area contributed by atoms with Crippen molar-refractivity contribution < 1.29 is 14.7 Å². The Balaban J connectivity index is 1.84. The number of hydrogen-bond donors (Lipinski definition) is 2. The maximum atomic E-state index is 12.1. The van der Waals surface area contributed by atoms with E-state index in [4.69, 9.17) is 0 Å². The minimum atomic E-state index is -0.849. The van der Waals surface area contributed by atoms with Gasteiger partial charge < -0.3 is 10.4 Å². The average Bonchev–Trinajstić information content (AvgIpc) is 2.82. The van der Waals surface area contributed by atoms with Crippen LogP contribution in [0, 0.1) is 17.8 Å². The van der Waals surface area contributed by atoms with E-state index in [1.54, 1.807) is 0 Å². The summed E-state index contributed by atoms with van der Waals surface area (Å²) in [6.45, 7) is 2.56. The third-order valence-corrected chi connectivity index (χ3v) is 4.01. The molecule has 1 aromatic rings. The van der Waals surface area contributed by atoms with Crippen LogP contribution >= 0.6 is 0 Å². The van der Waals surface area contributed by atoms with Crippen LogP contribution < -0.4 is 5.32 Å². The molecule has 3 unspecified atom stereocenters.